The van der Waals surface area contributed by atoms with Gasteiger partial charge in [-0.05, 0) is 44.2 Å². The Labute approximate surface area is 124 Å². The van der Waals surface area contributed by atoms with Gasteiger partial charge in [-0.25, -0.2) is 0 Å². The molecular weight excluding hydrogens is 272 g/mol. The van der Waals surface area contributed by atoms with Crippen LogP contribution < -0.4 is 10.6 Å². The third-order valence-corrected chi connectivity index (χ3v) is 4.79. The van der Waals surface area contributed by atoms with Gasteiger partial charge >= 0.3 is 0 Å². The van der Waals surface area contributed by atoms with E-state index >= 15 is 0 Å². The number of carbonyl (C=O) groups excluding carboxylic acids is 2. The molecule has 4 nitrogen and oxygen atoms in total. The van der Waals surface area contributed by atoms with Crippen LogP contribution in [0.1, 0.15) is 54.8 Å². The first-order valence-corrected chi connectivity index (χ1v) is 8.08. The molecule has 0 saturated heterocycles. The summed E-state index contributed by atoms with van der Waals surface area (Å²) in [6, 6.07) is 2.10. The lowest BCUT2D eigenvalue weighted by Crippen LogP contribution is -2.33. The highest BCUT2D eigenvalue weighted by atomic mass is 32.1. The van der Waals surface area contributed by atoms with Crippen LogP contribution in [0.15, 0.2) is 6.07 Å². The van der Waals surface area contributed by atoms with E-state index in [0.717, 1.165) is 36.2 Å². The molecule has 1 aliphatic carbocycles. The maximum absolute atomic E-state index is 12.2. The van der Waals surface area contributed by atoms with Gasteiger partial charge in [0.05, 0.1) is 9.88 Å². The molecule has 1 aliphatic rings. The van der Waals surface area contributed by atoms with Crippen LogP contribution in [0.2, 0.25) is 0 Å². The van der Waals surface area contributed by atoms with E-state index in [1.54, 1.807) is 0 Å². The van der Waals surface area contributed by atoms with Gasteiger partial charge in [-0.1, -0.05) is 13.8 Å². The second-order valence-electron chi connectivity index (χ2n) is 5.37. The average molecular weight is 294 g/mol. The lowest BCUT2D eigenvalue weighted by Gasteiger charge is -2.14. The van der Waals surface area contributed by atoms with Crippen LogP contribution in [0.25, 0.3) is 0 Å². The summed E-state index contributed by atoms with van der Waals surface area (Å²) in [5, 5.41) is 6.71. The predicted octanol–water partition coefficient (Wildman–Crippen LogP) is 3.32. The minimum absolute atomic E-state index is 0.0341. The zero-order valence-corrected chi connectivity index (χ0v) is 13.1. The van der Waals surface area contributed by atoms with Crippen molar-refractivity contribution in [2.24, 2.45) is 5.92 Å². The van der Waals surface area contributed by atoms with Crippen molar-refractivity contribution in [3.63, 3.8) is 0 Å². The molecule has 5 heteroatoms. The van der Waals surface area contributed by atoms with Crippen LogP contribution in [-0.4, -0.2) is 17.9 Å². The molecule has 0 aliphatic heterocycles. The first-order valence-electron chi connectivity index (χ1n) is 7.27. The summed E-state index contributed by atoms with van der Waals surface area (Å²) in [5.41, 5.74) is 0.921. The van der Waals surface area contributed by atoms with E-state index in [1.807, 2.05) is 13.0 Å². The van der Waals surface area contributed by atoms with Crippen molar-refractivity contribution >= 4 is 28.2 Å². The molecule has 20 heavy (non-hydrogen) atoms. The standard InChI is InChI=1S/C15H22N2O2S/c1-4-11(5-2)16-15(19)13-9(3)8-12(20-13)17-14(18)10-6-7-10/h8,10-11H,4-7H2,1-3H3,(H,16,19)(H,17,18). The number of hydrogen-bond acceptors (Lipinski definition) is 3. The Morgan fingerprint density at radius 1 is 1.35 bits per heavy atom. The van der Waals surface area contributed by atoms with Crippen molar-refractivity contribution in [3.05, 3.63) is 16.5 Å². The monoisotopic (exact) mass is 294 g/mol. The summed E-state index contributed by atoms with van der Waals surface area (Å²) >= 11 is 1.36. The summed E-state index contributed by atoms with van der Waals surface area (Å²) in [7, 11) is 0. The van der Waals surface area contributed by atoms with Crippen LogP contribution in [0, 0.1) is 12.8 Å². The van der Waals surface area contributed by atoms with E-state index in [0.29, 0.717) is 4.88 Å². The number of rotatable bonds is 6. The summed E-state index contributed by atoms with van der Waals surface area (Å²) in [6.45, 7) is 6.04. The fraction of sp³-hybridized carbons (Fsp3) is 0.600. The number of thiophene rings is 1. The van der Waals surface area contributed by atoms with Crippen LogP contribution in [-0.2, 0) is 4.79 Å². The molecule has 0 bridgehead atoms. The molecule has 2 N–H and O–H groups in total. The molecule has 0 unspecified atom stereocenters. The number of anilines is 1. The van der Waals surface area contributed by atoms with E-state index in [4.69, 9.17) is 0 Å². The smallest absolute Gasteiger partial charge is 0.261 e. The van der Waals surface area contributed by atoms with E-state index in [1.165, 1.54) is 11.3 Å². The topological polar surface area (TPSA) is 58.2 Å². The van der Waals surface area contributed by atoms with Crippen molar-refractivity contribution in [3.8, 4) is 0 Å². The Bertz CT molecular complexity index is 502. The van der Waals surface area contributed by atoms with Crippen LogP contribution >= 0.6 is 11.3 Å². The number of carbonyl (C=O) groups is 2. The van der Waals surface area contributed by atoms with Crippen molar-refractivity contribution in [1.29, 1.82) is 0 Å². The first-order chi connectivity index (χ1) is 9.55. The molecule has 1 aromatic heterocycles. The van der Waals surface area contributed by atoms with Crippen LogP contribution in [0.3, 0.4) is 0 Å². The van der Waals surface area contributed by atoms with E-state index in [9.17, 15) is 9.59 Å². The second kappa shape index (κ2) is 6.39. The normalized spacial score (nSPS) is 14.4. The number of hydrogen-bond donors (Lipinski definition) is 2. The molecule has 0 atom stereocenters. The zero-order valence-electron chi connectivity index (χ0n) is 12.3. The maximum Gasteiger partial charge on any atom is 0.261 e. The molecule has 1 fully saturated rings. The van der Waals surface area contributed by atoms with Crippen molar-refractivity contribution in [2.75, 3.05) is 5.32 Å². The molecular formula is C15H22N2O2S. The van der Waals surface area contributed by atoms with Crippen molar-refractivity contribution in [2.45, 2.75) is 52.5 Å². The summed E-state index contributed by atoms with van der Waals surface area (Å²) in [6.07, 6.45) is 3.83. The molecule has 2 rings (SSSR count). The Kier molecular flexibility index (Phi) is 4.81. The number of nitrogens with one attached hydrogen (secondary N) is 2. The van der Waals surface area contributed by atoms with Crippen LogP contribution in [0.5, 0.6) is 0 Å². The SMILES string of the molecule is CCC(CC)NC(=O)c1sc(NC(=O)C2CC2)cc1C. The quantitative estimate of drug-likeness (QED) is 0.845. The van der Waals surface area contributed by atoms with Crippen molar-refractivity contribution in [1.82, 2.24) is 5.32 Å². The van der Waals surface area contributed by atoms with Gasteiger partial charge in [-0.3, -0.25) is 9.59 Å². The number of aryl methyl sites for hydroxylation is 1. The zero-order chi connectivity index (χ0) is 14.7. The Morgan fingerprint density at radius 3 is 2.55 bits per heavy atom. The molecule has 110 valence electrons. The molecule has 1 aromatic rings. The summed E-state index contributed by atoms with van der Waals surface area (Å²) < 4.78 is 0. The van der Waals surface area contributed by atoms with Gasteiger partial charge in [0, 0.05) is 12.0 Å². The van der Waals surface area contributed by atoms with Crippen molar-refractivity contribution < 1.29 is 9.59 Å². The summed E-state index contributed by atoms with van der Waals surface area (Å²) in [5.74, 6) is 0.227. The van der Waals surface area contributed by atoms with E-state index in [-0.39, 0.29) is 23.8 Å². The first kappa shape index (κ1) is 15.0. The van der Waals surface area contributed by atoms with Gasteiger partial charge in [-0.2, -0.15) is 0 Å². The fourth-order valence-electron chi connectivity index (χ4n) is 2.08. The molecule has 0 radical (unpaired) electrons. The minimum atomic E-state index is -0.0341. The fourth-order valence-corrected chi connectivity index (χ4v) is 3.06. The highest BCUT2D eigenvalue weighted by Gasteiger charge is 2.30. The largest absolute Gasteiger partial charge is 0.349 e. The molecule has 1 saturated carbocycles. The van der Waals surface area contributed by atoms with Gasteiger partial charge in [0.1, 0.15) is 0 Å². The van der Waals surface area contributed by atoms with Gasteiger partial charge in [0.15, 0.2) is 0 Å². The Hall–Kier alpha value is -1.36. The molecule has 0 spiro atoms. The molecule has 1 heterocycles. The Morgan fingerprint density at radius 2 is 2.00 bits per heavy atom. The third kappa shape index (κ3) is 3.60. The molecule has 2 amide bonds. The lowest BCUT2D eigenvalue weighted by atomic mass is 10.1. The van der Waals surface area contributed by atoms with E-state index < -0.39 is 0 Å². The van der Waals surface area contributed by atoms with Gasteiger partial charge < -0.3 is 10.6 Å². The predicted molar refractivity (Wildman–Crippen MR) is 82.2 cm³/mol. The third-order valence-electron chi connectivity index (χ3n) is 3.64. The van der Waals surface area contributed by atoms with Gasteiger partial charge in [0.2, 0.25) is 5.91 Å². The second-order valence-corrected chi connectivity index (χ2v) is 6.43. The highest BCUT2D eigenvalue weighted by Crippen LogP contribution is 2.32. The van der Waals surface area contributed by atoms with E-state index in [2.05, 4.69) is 24.5 Å². The highest BCUT2D eigenvalue weighted by molar-refractivity contribution is 7.18. The van der Waals surface area contributed by atoms with Gasteiger partial charge in [0.25, 0.3) is 5.91 Å². The number of amides is 2. The Balaban J connectivity index is 2.02. The maximum atomic E-state index is 12.2. The minimum Gasteiger partial charge on any atom is -0.349 e. The molecule has 0 aromatic carbocycles. The average Bonchev–Trinajstić information content (AvgIpc) is 3.20. The summed E-state index contributed by atoms with van der Waals surface area (Å²) in [4.78, 5) is 24.7. The lowest BCUT2D eigenvalue weighted by molar-refractivity contribution is -0.117. The van der Waals surface area contributed by atoms with Crippen LogP contribution in [0.4, 0.5) is 5.00 Å². The van der Waals surface area contributed by atoms with Gasteiger partial charge in [-0.15, -0.1) is 11.3 Å².